The molecule has 0 aliphatic rings. The van der Waals surface area contributed by atoms with Crippen molar-refractivity contribution in [1.82, 2.24) is 5.32 Å². The Hall–Kier alpha value is -1.98. The lowest BCUT2D eigenvalue weighted by molar-refractivity contribution is 0.0889. The van der Waals surface area contributed by atoms with Crippen molar-refractivity contribution in [2.45, 2.75) is 32.2 Å². The van der Waals surface area contributed by atoms with Gasteiger partial charge in [-0.15, -0.1) is 0 Å². The summed E-state index contributed by atoms with van der Waals surface area (Å²) in [6.45, 7) is 3.70. The molecule has 0 aromatic carbocycles. The SMILES string of the molecule is CCC(CC)(NC(=O)c1ccco1)/C(N)=N/O. The van der Waals surface area contributed by atoms with E-state index in [9.17, 15) is 4.79 Å². The number of amidine groups is 1. The minimum Gasteiger partial charge on any atom is -0.459 e. The third-order valence-corrected chi connectivity index (χ3v) is 2.90. The fourth-order valence-electron chi connectivity index (χ4n) is 1.64. The van der Waals surface area contributed by atoms with Crippen molar-refractivity contribution in [2.24, 2.45) is 10.9 Å². The lowest BCUT2D eigenvalue weighted by Crippen LogP contribution is -2.56. The number of oxime groups is 1. The molecule has 1 rings (SSSR count). The third kappa shape index (κ3) is 2.58. The van der Waals surface area contributed by atoms with Crippen molar-refractivity contribution in [3.63, 3.8) is 0 Å². The van der Waals surface area contributed by atoms with Crippen LogP contribution in [0.4, 0.5) is 0 Å². The van der Waals surface area contributed by atoms with Gasteiger partial charge in [0.1, 0.15) is 5.54 Å². The molecule has 0 fully saturated rings. The lowest BCUT2D eigenvalue weighted by atomic mass is 9.91. The highest BCUT2D eigenvalue weighted by Gasteiger charge is 2.34. The monoisotopic (exact) mass is 239 g/mol. The number of rotatable bonds is 5. The highest BCUT2D eigenvalue weighted by Crippen LogP contribution is 2.16. The van der Waals surface area contributed by atoms with Crippen LogP contribution in [0.25, 0.3) is 0 Å². The average Bonchev–Trinajstić information content (AvgIpc) is 2.88. The van der Waals surface area contributed by atoms with E-state index in [1.165, 1.54) is 6.26 Å². The molecule has 17 heavy (non-hydrogen) atoms. The zero-order valence-electron chi connectivity index (χ0n) is 9.93. The van der Waals surface area contributed by atoms with E-state index in [1.807, 2.05) is 13.8 Å². The van der Waals surface area contributed by atoms with Crippen LogP contribution in [0, 0.1) is 0 Å². The Kier molecular flexibility index (Phi) is 4.14. The number of hydrogen-bond acceptors (Lipinski definition) is 4. The lowest BCUT2D eigenvalue weighted by Gasteiger charge is -2.30. The van der Waals surface area contributed by atoms with Crippen LogP contribution in [0.1, 0.15) is 37.2 Å². The number of furan rings is 1. The van der Waals surface area contributed by atoms with E-state index in [0.29, 0.717) is 12.8 Å². The standard InChI is InChI=1S/C11H17N3O3/c1-3-11(4-2,10(12)14-16)13-9(15)8-6-5-7-17-8/h5-7,16H,3-4H2,1-2H3,(H2,12,14)(H,13,15). The first-order chi connectivity index (χ1) is 8.09. The summed E-state index contributed by atoms with van der Waals surface area (Å²) in [5.41, 5.74) is 4.78. The maximum Gasteiger partial charge on any atom is 0.287 e. The Balaban J connectivity index is 2.91. The van der Waals surface area contributed by atoms with Crippen LogP contribution in [0.2, 0.25) is 0 Å². The molecular weight excluding hydrogens is 222 g/mol. The van der Waals surface area contributed by atoms with Gasteiger partial charge in [-0.1, -0.05) is 19.0 Å². The number of nitrogens with two attached hydrogens (primary N) is 1. The molecule has 1 aromatic heterocycles. The third-order valence-electron chi connectivity index (χ3n) is 2.90. The molecule has 4 N–H and O–H groups in total. The molecule has 1 aromatic rings. The van der Waals surface area contributed by atoms with Crippen LogP contribution in [0.15, 0.2) is 28.0 Å². The normalized spacial score (nSPS) is 12.5. The smallest absolute Gasteiger partial charge is 0.287 e. The van der Waals surface area contributed by atoms with Gasteiger partial charge in [0.15, 0.2) is 11.6 Å². The fourth-order valence-corrected chi connectivity index (χ4v) is 1.64. The Morgan fingerprint density at radius 3 is 2.65 bits per heavy atom. The summed E-state index contributed by atoms with van der Waals surface area (Å²) in [6.07, 6.45) is 2.45. The zero-order valence-corrected chi connectivity index (χ0v) is 9.93. The first-order valence-electron chi connectivity index (χ1n) is 5.43. The van der Waals surface area contributed by atoms with Crippen molar-refractivity contribution < 1.29 is 14.4 Å². The second-order valence-electron chi connectivity index (χ2n) is 3.71. The van der Waals surface area contributed by atoms with Gasteiger partial charge < -0.3 is 20.7 Å². The van der Waals surface area contributed by atoms with Gasteiger partial charge in [-0.05, 0) is 25.0 Å². The Bertz CT molecular complexity index is 394. The number of hydrogen-bond donors (Lipinski definition) is 3. The second kappa shape index (κ2) is 5.38. The second-order valence-corrected chi connectivity index (χ2v) is 3.71. The Morgan fingerprint density at radius 1 is 1.59 bits per heavy atom. The number of carbonyl (C=O) groups excluding carboxylic acids is 1. The summed E-state index contributed by atoms with van der Waals surface area (Å²) in [7, 11) is 0. The molecule has 0 bridgehead atoms. The maximum atomic E-state index is 11.9. The fraction of sp³-hybridized carbons (Fsp3) is 0.455. The summed E-state index contributed by atoms with van der Waals surface area (Å²) in [6, 6.07) is 3.18. The van der Waals surface area contributed by atoms with E-state index in [1.54, 1.807) is 12.1 Å². The molecule has 0 saturated carbocycles. The van der Waals surface area contributed by atoms with Gasteiger partial charge in [-0.2, -0.15) is 0 Å². The van der Waals surface area contributed by atoms with Gasteiger partial charge in [0.25, 0.3) is 5.91 Å². The maximum absolute atomic E-state index is 11.9. The molecule has 6 nitrogen and oxygen atoms in total. The quantitative estimate of drug-likeness (QED) is 0.312. The van der Waals surface area contributed by atoms with Crippen molar-refractivity contribution in [1.29, 1.82) is 0 Å². The highest BCUT2D eigenvalue weighted by molar-refractivity contribution is 5.98. The van der Waals surface area contributed by atoms with Crippen LogP contribution in [-0.2, 0) is 0 Å². The molecule has 1 amide bonds. The number of nitrogens with zero attached hydrogens (tertiary/aromatic N) is 1. The van der Waals surface area contributed by atoms with E-state index in [2.05, 4.69) is 10.5 Å². The molecular formula is C11H17N3O3. The Morgan fingerprint density at radius 2 is 2.24 bits per heavy atom. The van der Waals surface area contributed by atoms with Gasteiger partial charge in [0.05, 0.1) is 6.26 Å². The van der Waals surface area contributed by atoms with Gasteiger partial charge in [-0.3, -0.25) is 4.79 Å². The zero-order chi connectivity index (χ0) is 12.9. The molecule has 0 spiro atoms. The average molecular weight is 239 g/mol. The predicted molar refractivity (Wildman–Crippen MR) is 62.9 cm³/mol. The Labute approximate surface area is 99.5 Å². The minimum atomic E-state index is -0.849. The molecule has 0 saturated heterocycles. The first kappa shape index (κ1) is 13.1. The predicted octanol–water partition coefficient (Wildman–Crippen LogP) is 1.31. The number of amides is 1. The molecule has 0 radical (unpaired) electrons. The molecule has 94 valence electrons. The van der Waals surface area contributed by atoms with Gasteiger partial charge >= 0.3 is 0 Å². The van der Waals surface area contributed by atoms with Crippen LogP contribution in [-0.4, -0.2) is 22.5 Å². The molecule has 0 unspecified atom stereocenters. The summed E-state index contributed by atoms with van der Waals surface area (Å²) in [5.74, 6) is -0.199. The van der Waals surface area contributed by atoms with E-state index >= 15 is 0 Å². The molecule has 0 atom stereocenters. The highest BCUT2D eigenvalue weighted by atomic mass is 16.4. The summed E-state index contributed by atoms with van der Waals surface area (Å²) >= 11 is 0. The van der Waals surface area contributed by atoms with E-state index in [4.69, 9.17) is 15.4 Å². The largest absolute Gasteiger partial charge is 0.459 e. The van der Waals surface area contributed by atoms with Gasteiger partial charge in [0.2, 0.25) is 0 Å². The van der Waals surface area contributed by atoms with E-state index < -0.39 is 5.54 Å². The van der Waals surface area contributed by atoms with Crippen LogP contribution in [0.3, 0.4) is 0 Å². The van der Waals surface area contributed by atoms with Gasteiger partial charge in [-0.25, -0.2) is 0 Å². The number of carbonyl (C=O) groups is 1. The van der Waals surface area contributed by atoms with Crippen molar-refractivity contribution >= 4 is 11.7 Å². The van der Waals surface area contributed by atoms with E-state index in [-0.39, 0.29) is 17.5 Å². The van der Waals surface area contributed by atoms with Crippen LogP contribution in [0.5, 0.6) is 0 Å². The topological polar surface area (TPSA) is 101 Å². The van der Waals surface area contributed by atoms with Crippen molar-refractivity contribution in [3.05, 3.63) is 24.2 Å². The van der Waals surface area contributed by atoms with Crippen LogP contribution < -0.4 is 11.1 Å². The van der Waals surface area contributed by atoms with Crippen molar-refractivity contribution in [2.75, 3.05) is 0 Å². The summed E-state index contributed by atoms with van der Waals surface area (Å²) < 4.78 is 4.99. The van der Waals surface area contributed by atoms with Gasteiger partial charge in [0, 0.05) is 0 Å². The van der Waals surface area contributed by atoms with Crippen LogP contribution >= 0.6 is 0 Å². The van der Waals surface area contributed by atoms with Crippen molar-refractivity contribution in [3.8, 4) is 0 Å². The molecule has 0 aliphatic heterocycles. The first-order valence-corrected chi connectivity index (χ1v) is 5.43. The summed E-state index contributed by atoms with van der Waals surface area (Å²) in [4.78, 5) is 11.9. The summed E-state index contributed by atoms with van der Waals surface area (Å²) in [5, 5.41) is 14.5. The number of nitrogens with one attached hydrogen (secondary N) is 1. The van der Waals surface area contributed by atoms with E-state index in [0.717, 1.165) is 0 Å². The minimum absolute atomic E-state index is 0.0117. The molecule has 6 heteroatoms. The molecule has 0 aliphatic carbocycles. The molecule has 1 heterocycles.